The van der Waals surface area contributed by atoms with Crippen LogP contribution in [0, 0.1) is 0 Å². The van der Waals surface area contributed by atoms with Gasteiger partial charge in [0.2, 0.25) is 0 Å². The molecule has 168 valence electrons. The number of carbonyl (C=O) groups excluding carboxylic acids is 1. The van der Waals surface area contributed by atoms with Crippen molar-refractivity contribution in [2.75, 3.05) is 33.4 Å². The molecule has 1 fully saturated rings. The Kier molecular flexibility index (Phi) is 7.01. The number of aromatic nitrogens is 2. The van der Waals surface area contributed by atoms with Crippen LogP contribution in [-0.2, 0) is 17.9 Å². The number of methoxy groups -OCH3 is 1. The lowest BCUT2D eigenvalue weighted by atomic mass is 10.1. The number of nitrogens with zero attached hydrogens (tertiary/aromatic N) is 3. The molecular formula is C24H28N4O4. The zero-order chi connectivity index (χ0) is 22.3. The van der Waals surface area contributed by atoms with Crippen LogP contribution in [0.4, 0.5) is 0 Å². The maximum absolute atomic E-state index is 12.9. The third-order valence-electron chi connectivity index (χ3n) is 5.64. The first kappa shape index (κ1) is 21.8. The fourth-order valence-corrected chi connectivity index (χ4v) is 3.90. The van der Waals surface area contributed by atoms with Crippen LogP contribution in [-0.4, -0.2) is 53.9 Å². The number of rotatable bonds is 9. The molecule has 4 rings (SSSR count). The van der Waals surface area contributed by atoms with Gasteiger partial charge in [-0.05, 0) is 44.1 Å². The molecule has 3 aromatic rings. The Hall–Kier alpha value is -3.39. The van der Waals surface area contributed by atoms with Crippen molar-refractivity contribution < 1.29 is 14.3 Å². The van der Waals surface area contributed by atoms with Gasteiger partial charge in [-0.1, -0.05) is 24.3 Å². The lowest BCUT2D eigenvalue weighted by molar-refractivity contribution is -0.123. The Morgan fingerprint density at radius 3 is 2.56 bits per heavy atom. The highest BCUT2D eigenvalue weighted by Gasteiger charge is 2.15. The zero-order valence-electron chi connectivity index (χ0n) is 18.3. The molecular weight excluding hydrogens is 408 g/mol. The van der Waals surface area contributed by atoms with Crippen molar-refractivity contribution in [3.8, 4) is 11.5 Å². The van der Waals surface area contributed by atoms with Gasteiger partial charge in [0.25, 0.3) is 11.5 Å². The van der Waals surface area contributed by atoms with Crippen LogP contribution in [0.1, 0.15) is 18.5 Å². The quantitative estimate of drug-likeness (QED) is 0.554. The van der Waals surface area contributed by atoms with Crippen LogP contribution in [0.5, 0.6) is 11.5 Å². The number of amides is 1. The third kappa shape index (κ3) is 5.26. The number of ether oxygens (including phenoxy) is 2. The first-order chi connectivity index (χ1) is 15.6. The summed E-state index contributed by atoms with van der Waals surface area (Å²) in [5.74, 6) is 0.946. The van der Waals surface area contributed by atoms with Crippen LogP contribution < -0.4 is 20.3 Å². The van der Waals surface area contributed by atoms with E-state index < -0.39 is 0 Å². The molecule has 1 aliphatic rings. The molecule has 0 atom stereocenters. The summed E-state index contributed by atoms with van der Waals surface area (Å²) in [7, 11) is 1.58. The molecule has 8 heteroatoms. The summed E-state index contributed by atoms with van der Waals surface area (Å²) in [6, 6.07) is 14.5. The maximum Gasteiger partial charge on any atom is 0.274 e. The topological polar surface area (TPSA) is 85.7 Å². The van der Waals surface area contributed by atoms with Gasteiger partial charge in [0, 0.05) is 18.0 Å². The van der Waals surface area contributed by atoms with Gasteiger partial charge >= 0.3 is 0 Å². The van der Waals surface area contributed by atoms with Crippen molar-refractivity contribution in [3.05, 3.63) is 64.6 Å². The molecule has 8 nitrogen and oxygen atoms in total. The smallest absolute Gasteiger partial charge is 0.274 e. The molecule has 1 N–H and O–H groups in total. The van der Waals surface area contributed by atoms with Gasteiger partial charge in [-0.2, -0.15) is 5.10 Å². The highest BCUT2D eigenvalue weighted by atomic mass is 16.5. The van der Waals surface area contributed by atoms with E-state index in [1.165, 1.54) is 17.5 Å². The second-order valence-corrected chi connectivity index (χ2v) is 7.81. The highest BCUT2D eigenvalue weighted by Crippen LogP contribution is 2.18. The van der Waals surface area contributed by atoms with Crippen molar-refractivity contribution >= 4 is 16.7 Å². The molecule has 1 aliphatic heterocycles. The van der Waals surface area contributed by atoms with E-state index in [0.29, 0.717) is 29.1 Å². The second-order valence-electron chi connectivity index (χ2n) is 7.81. The number of hydrogen-bond donors (Lipinski definition) is 1. The van der Waals surface area contributed by atoms with Crippen LogP contribution in [0.2, 0.25) is 0 Å². The Morgan fingerprint density at radius 1 is 1.03 bits per heavy atom. The minimum Gasteiger partial charge on any atom is -0.497 e. The van der Waals surface area contributed by atoms with Crippen LogP contribution >= 0.6 is 0 Å². The maximum atomic E-state index is 12.9. The lowest BCUT2D eigenvalue weighted by Crippen LogP contribution is -2.33. The number of benzene rings is 2. The molecule has 32 heavy (non-hydrogen) atoms. The number of hydrogen-bond acceptors (Lipinski definition) is 6. The molecule has 0 bridgehead atoms. The lowest BCUT2D eigenvalue weighted by Gasteiger charge is -2.16. The van der Waals surface area contributed by atoms with Crippen molar-refractivity contribution in [1.29, 1.82) is 0 Å². The zero-order valence-corrected chi connectivity index (χ0v) is 18.3. The average molecular weight is 437 g/mol. The molecule has 1 amide bonds. The Morgan fingerprint density at radius 2 is 1.78 bits per heavy atom. The molecule has 1 aromatic heterocycles. The van der Waals surface area contributed by atoms with Crippen molar-refractivity contribution in [1.82, 2.24) is 20.0 Å². The van der Waals surface area contributed by atoms with E-state index in [-0.39, 0.29) is 24.6 Å². The molecule has 1 saturated heterocycles. The summed E-state index contributed by atoms with van der Waals surface area (Å²) < 4.78 is 12.2. The van der Waals surface area contributed by atoms with Gasteiger partial charge in [0.1, 0.15) is 11.5 Å². The Balaban J connectivity index is 1.43. The number of likely N-dealkylation sites (tertiary alicyclic amines) is 1. The van der Waals surface area contributed by atoms with Gasteiger partial charge in [-0.25, -0.2) is 4.68 Å². The fourth-order valence-electron chi connectivity index (χ4n) is 3.90. The van der Waals surface area contributed by atoms with E-state index in [9.17, 15) is 9.59 Å². The normalized spacial score (nSPS) is 13.9. The molecule has 2 aromatic carbocycles. The molecule has 0 spiro atoms. The van der Waals surface area contributed by atoms with Gasteiger partial charge in [0.15, 0.2) is 6.61 Å². The van der Waals surface area contributed by atoms with Gasteiger partial charge in [0.05, 0.1) is 31.3 Å². The fraction of sp³-hybridized carbons (Fsp3) is 0.375. The number of carbonyl (C=O) groups is 1. The van der Waals surface area contributed by atoms with Crippen molar-refractivity contribution in [2.45, 2.75) is 25.9 Å². The minimum absolute atomic E-state index is 0.101. The number of nitrogens with one attached hydrogen (secondary N) is 1. The van der Waals surface area contributed by atoms with E-state index in [4.69, 9.17) is 9.47 Å². The van der Waals surface area contributed by atoms with Gasteiger partial charge in [-0.3, -0.25) is 9.59 Å². The van der Waals surface area contributed by atoms with Gasteiger partial charge < -0.3 is 19.7 Å². The molecule has 0 radical (unpaired) electrons. The molecule has 0 saturated carbocycles. The largest absolute Gasteiger partial charge is 0.497 e. The molecule has 0 unspecified atom stereocenters. The van der Waals surface area contributed by atoms with E-state index in [1.54, 1.807) is 25.3 Å². The monoisotopic (exact) mass is 436 g/mol. The van der Waals surface area contributed by atoms with E-state index in [1.807, 2.05) is 30.3 Å². The van der Waals surface area contributed by atoms with Crippen LogP contribution in [0.3, 0.4) is 0 Å². The standard InChI is InChI=1S/C24H28N4O4/c1-31-18-7-6-8-19(15-18)32-17-23(29)25-16-22-20-9-2-3-10-21(20)24(30)28(26-22)14-13-27-11-4-5-12-27/h2-3,6-10,15H,4-5,11-14,16-17H2,1H3,(H,25,29). The van der Waals surface area contributed by atoms with E-state index in [0.717, 1.165) is 25.0 Å². The number of fused-ring (bicyclic) bond motifs is 1. The Bertz CT molecular complexity index is 1140. The van der Waals surface area contributed by atoms with E-state index >= 15 is 0 Å². The predicted octanol–water partition coefficient (Wildman–Crippen LogP) is 2.20. The summed E-state index contributed by atoms with van der Waals surface area (Å²) in [4.78, 5) is 27.6. The van der Waals surface area contributed by atoms with Crippen molar-refractivity contribution in [2.24, 2.45) is 0 Å². The van der Waals surface area contributed by atoms with E-state index in [2.05, 4.69) is 15.3 Å². The summed E-state index contributed by atoms with van der Waals surface area (Å²) in [6.07, 6.45) is 2.41. The Labute approximate surface area is 186 Å². The SMILES string of the molecule is COc1cccc(OCC(=O)NCc2nn(CCN3CCCC3)c(=O)c3ccccc23)c1. The predicted molar refractivity (Wildman–Crippen MR) is 122 cm³/mol. The minimum atomic E-state index is -0.270. The highest BCUT2D eigenvalue weighted by molar-refractivity contribution is 5.84. The first-order valence-electron chi connectivity index (χ1n) is 10.9. The van der Waals surface area contributed by atoms with Crippen LogP contribution in [0.15, 0.2) is 53.3 Å². The molecule has 2 heterocycles. The second kappa shape index (κ2) is 10.3. The molecule has 0 aliphatic carbocycles. The third-order valence-corrected chi connectivity index (χ3v) is 5.64. The first-order valence-corrected chi connectivity index (χ1v) is 10.9. The summed E-state index contributed by atoms with van der Waals surface area (Å²) in [5, 5.41) is 8.80. The summed E-state index contributed by atoms with van der Waals surface area (Å²) in [5.41, 5.74) is 0.563. The van der Waals surface area contributed by atoms with Gasteiger partial charge in [-0.15, -0.1) is 0 Å². The summed E-state index contributed by atoms with van der Waals surface area (Å²) in [6.45, 7) is 3.55. The van der Waals surface area contributed by atoms with Crippen molar-refractivity contribution in [3.63, 3.8) is 0 Å². The summed E-state index contributed by atoms with van der Waals surface area (Å²) >= 11 is 0. The average Bonchev–Trinajstić information content (AvgIpc) is 3.35. The van der Waals surface area contributed by atoms with Crippen LogP contribution in [0.25, 0.3) is 10.8 Å².